The number of carbonyl (C=O) groups excluding carboxylic acids is 1. The smallest absolute Gasteiger partial charge is 0.226 e. The van der Waals surface area contributed by atoms with E-state index in [1.54, 1.807) is 0 Å². The number of hydrogen-bond donors (Lipinski definition) is 1. The molecule has 0 radical (unpaired) electrons. The van der Waals surface area contributed by atoms with E-state index >= 15 is 0 Å². The number of nitrogens with one attached hydrogen (secondary N) is 1. The topological polar surface area (TPSA) is 44.7 Å². The van der Waals surface area contributed by atoms with E-state index in [0.29, 0.717) is 12.3 Å². The van der Waals surface area contributed by atoms with E-state index in [-0.39, 0.29) is 29.9 Å². The lowest BCUT2D eigenvalue weighted by atomic mass is 9.53. The Morgan fingerprint density at radius 2 is 1.74 bits per heavy atom. The van der Waals surface area contributed by atoms with E-state index in [2.05, 4.69) is 43.1 Å². The molecule has 6 rings (SSSR count). The predicted molar refractivity (Wildman–Crippen MR) is 147 cm³/mol. The normalized spacial score (nSPS) is 32.9. The van der Waals surface area contributed by atoms with Crippen molar-refractivity contribution in [2.45, 2.75) is 96.1 Å². The minimum atomic E-state index is 0. The number of nitrogens with zero attached hydrogens (tertiary/aromatic N) is 2. The highest BCUT2D eigenvalue weighted by atomic mass is 35.5. The fourth-order valence-electron chi connectivity index (χ4n) is 7.15. The van der Waals surface area contributed by atoms with Gasteiger partial charge in [-0.25, -0.2) is 0 Å². The van der Waals surface area contributed by atoms with E-state index in [9.17, 15) is 4.79 Å². The molecule has 6 heteroatoms. The van der Waals surface area contributed by atoms with Crippen molar-refractivity contribution in [2.24, 2.45) is 22.7 Å². The summed E-state index contributed by atoms with van der Waals surface area (Å²) in [5.74, 6) is 4.35. The summed E-state index contributed by atoms with van der Waals surface area (Å²) in [7, 11) is 0. The summed E-state index contributed by atoms with van der Waals surface area (Å²) in [5, 5.41) is 4.38. The molecule has 5 fully saturated rings. The Kier molecular flexibility index (Phi) is 8.24. The van der Waals surface area contributed by atoms with Crippen molar-refractivity contribution >= 4 is 40.9 Å². The van der Waals surface area contributed by atoms with Crippen LogP contribution in [-0.2, 0) is 4.79 Å². The molecule has 1 aromatic rings. The van der Waals surface area contributed by atoms with Crippen molar-refractivity contribution in [2.75, 3.05) is 17.6 Å². The number of anilines is 1. The molecule has 1 aliphatic heterocycles. The van der Waals surface area contributed by atoms with Crippen LogP contribution in [-0.4, -0.2) is 39.9 Å². The Morgan fingerprint density at radius 3 is 2.29 bits per heavy atom. The molecule has 1 heterocycles. The maximum atomic E-state index is 12.9. The molecular weight excluding hydrogens is 462 g/mol. The van der Waals surface area contributed by atoms with Gasteiger partial charge in [0.15, 0.2) is 5.17 Å². The first kappa shape index (κ1) is 25.9. The van der Waals surface area contributed by atoms with Crippen LogP contribution in [0.3, 0.4) is 0 Å². The van der Waals surface area contributed by atoms with Gasteiger partial charge in [0.05, 0.1) is 5.54 Å². The highest BCUT2D eigenvalue weighted by molar-refractivity contribution is 8.14. The van der Waals surface area contributed by atoms with Gasteiger partial charge < -0.3 is 10.2 Å². The molecule has 34 heavy (non-hydrogen) atoms. The summed E-state index contributed by atoms with van der Waals surface area (Å²) in [4.78, 5) is 21.0. The Balaban J connectivity index is 0.00000274. The summed E-state index contributed by atoms with van der Waals surface area (Å²) >= 11 is 1.91. The standard InChI is InChI=1S/C28H41N3OS.ClH/c1-4-5-10-31-25(14-26(32)29-24-8-6-23(7-9-24)19(2)3)18-33-27(31)30-28-15-20-11-21(16-28)13-22(12-20)17-28;/h6-9,19-22,25H,4-5,10-18H2,1-3H3,(H,29,32);1H. The van der Waals surface area contributed by atoms with Gasteiger partial charge in [0.25, 0.3) is 0 Å². The largest absolute Gasteiger partial charge is 0.347 e. The molecule has 1 unspecified atom stereocenters. The molecule has 1 amide bonds. The van der Waals surface area contributed by atoms with E-state index in [1.807, 2.05) is 23.9 Å². The Hall–Kier alpha value is -1.20. The number of amidine groups is 1. The van der Waals surface area contributed by atoms with Crippen LogP contribution >= 0.6 is 24.2 Å². The van der Waals surface area contributed by atoms with Crippen LogP contribution in [0.5, 0.6) is 0 Å². The zero-order valence-electron chi connectivity index (χ0n) is 21.1. The molecule has 4 bridgehead atoms. The molecule has 1 aromatic carbocycles. The lowest BCUT2D eigenvalue weighted by molar-refractivity contribution is -0.116. The van der Waals surface area contributed by atoms with Crippen LogP contribution in [0.4, 0.5) is 5.69 Å². The second-order valence-corrected chi connectivity index (χ2v) is 12.6. The first-order valence-electron chi connectivity index (χ1n) is 13.3. The van der Waals surface area contributed by atoms with Crippen LogP contribution in [0.25, 0.3) is 0 Å². The highest BCUT2D eigenvalue weighted by Gasteiger charge is 2.51. The number of halogens is 1. The maximum Gasteiger partial charge on any atom is 0.226 e. The number of aliphatic imine (C=N–C) groups is 1. The minimum Gasteiger partial charge on any atom is -0.347 e. The number of hydrogen-bond acceptors (Lipinski definition) is 3. The average Bonchev–Trinajstić information content (AvgIpc) is 3.11. The van der Waals surface area contributed by atoms with Crippen LogP contribution in [0.2, 0.25) is 0 Å². The predicted octanol–water partition coefficient (Wildman–Crippen LogP) is 7.10. The first-order valence-corrected chi connectivity index (χ1v) is 14.3. The third kappa shape index (κ3) is 5.61. The van der Waals surface area contributed by atoms with Crippen molar-refractivity contribution in [3.05, 3.63) is 29.8 Å². The van der Waals surface area contributed by atoms with Gasteiger partial charge in [-0.15, -0.1) is 12.4 Å². The van der Waals surface area contributed by atoms with Gasteiger partial charge in [-0.1, -0.05) is 51.1 Å². The Bertz CT molecular complexity index is 849. The van der Waals surface area contributed by atoms with Crippen LogP contribution in [0.1, 0.15) is 90.0 Å². The van der Waals surface area contributed by atoms with Crippen molar-refractivity contribution < 1.29 is 4.79 Å². The molecule has 5 aliphatic rings. The summed E-state index contributed by atoms with van der Waals surface area (Å²) in [6.45, 7) is 7.66. The van der Waals surface area contributed by atoms with Crippen molar-refractivity contribution in [3.8, 4) is 0 Å². The molecule has 4 aliphatic carbocycles. The van der Waals surface area contributed by atoms with E-state index in [1.165, 1.54) is 55.7 Å². The molecule has 188 valence electrons. The molecule has 4 saturated carbocycles. The van der Waals surface area contributed by atoms with Gasteiger partial charge in [0.2, 0.25) is 5.91 Å². The summed E-state index contributed by atoms with van der Waals surface area (Å²) in [5.41, 5.74) is 2.41. The molecular formula is C28H42ClN3OS. The van der Waals surface area contributed by atoms with Crippen molar-refractivity contribution in [1.82, 2.24) is 4.90 Å². The van der Waals surface area contributed by atoms with Gasteiger partial charge in [0, 0.05) is 30.4 Å². The molecule has 1 atom stereocenters. The van der Waals surface area contributed by atoms with Crippen LogP contribution in [0, 0.1) is 17.8 Å². The van der Waals surface area contributed by atoms with E-state index in [0.717, 1.165) is 42.2 Å². The minimum absolute atomic E-state index is 0. The fraction of sp³-hybridized carbons (Fsp3) is 0.714. The summed E-state index contributed by atoms with van der Waals surface area (Å²) in [6.07, 6.45) is 11.2. The highest BCUT2D eigenvalue weighted by Crippen LogP contribution is 2.57. The Labute approximate surface area is 216 Å². The number of unbranched alkanes of at least 4 members (excludes halogenated alkanes) is 1. The van der Waals surface area contributed by atoms with E-state index in [4.69, 9.17) is 4.99 Å². The second kappa shape index (κ2) is 10.8. The third-order valence-corrected chi connectivity index (χ3v) is 9.60. The fourth-order valence-corrected chi connectivity index (χ4v) is 8.46. The number of rotatable bonds is 8. The zero-order valence-corrected chi connectivity index (χ0v) is 22.7. The molecule has 1 N–H and O–H groups in total. The van der Waals surface area contributed by atoms with Crippen molar-refractivity contribution in [1.29, 1.82) is 0 Å². The van der Waals surface area contributed by atoms with Gasteiger partial charge in [-0.05, 0) is 86.3 Å². The summed E-state index contributed by atoms with van der Waals surface area (Å²) in [6, 6.07) is 8.56. The van der Waals surface area contributed by atoms with Gasteiger partial charge in [-0.2, -0.15) is 0 Å². The molecule has 0 aromatic heterocycles. The summed E-state index contributed by atoms with van der Waals surface area (Å²) < 4.78 is 0. The van der Waals surface area contributed by atoms with Gasteiger partial charge in [0.1, 0.15) is 0 Å². The molecule has 4 nitrogen and oxygen atoms in total. The first-order chi connectivity index (χ1) is 15.9. The number of benzene rings is 1. The number of amides is 1. The average molecular weight is 504 g/mol. The van der Waals surface area contributed by atoms with Crippen molar-refractivity contribution in [3.63, 3.8) is 0 Å². The SMILES string of the molecule is CCCCN1C(=NC23CC4CC(CC(C4)C2)C3)SCC1CC(=O)Nc1ccc(C(C)C)cc1.Cl. The molecule has 1 saturated heterocycles. The monoisotopic (exact) mass is 503 g/mol. The molecule has 0 spiro atoms. The quantitative estimate of drug-likeness (QED) is 0.411. The van der Waals surface area contributed by atoms with Crippen LogP contribution < -0.4 is 5.32 Å². The maximum absolute atomic E-state index is 12.9. The Morgan fingerprint density at radius 1 is 1.12 bits per heavy atom. The zero-order chi connectivity index (χ0) is 23.0. The number of carbonyl (C=O) groups is 1. The third-order valence-electron chi connectivity index (χ3n) is 8.46. The van der Waals surface area contributed by atoms with Gasteiger partial charge in [-0.3, -0.25) is 9.79 Å². The van der Waals surface area contributed by atoms with E-state index < -0.39 is 0 Å². The second-order valence-electron chi connectivity index (χ2n) is 11.6. The lowest BCUT2D eigenvalue weighted by Gasteiger charge is -2.55. The number of thioether (sulfide) groups is 1. The van der Waals surface area contributed by atoms with Gasteiger partial charge >= 0.3 is 0 Å². The van der Waals surface area contributed by atoms with Crippen LogP contribution in [0.15, 0.2) is 29.3 Å². The lowest BCUT2D eigenvalue weighted by Crippen LogP contribution is -2.50.